The van der Waals surface area contributed by atoms with Crippen LogP contribution in [0.2, 0.25) is 0 Å². The zero-order valence-electron chi connectivity index (χ0n) is 11.1. The summed E-state index contributed by atoms with van der Waals surface area (Å²) in [5.41, 5.74) is 0. The molecule has 0 aliphatic carbocycles. The molecule has 0 aliphatic heterocycles. The summed E-state index contributed by atoms with van der Waals surface area (Å²) in [6, 6.07) is -1.15. The lowest BCUT2D eigenvalue weighted by molar-refractivity contribution is -0.122. The van der Waals surface area contributed by atoms with Crippen molar-refractivity contribution in [1.29, 1.82) is 0 Å². The molecule has 0 aromatic heterocycles. The van der Waals surface area contributed by atoms with Gasteiger partial charge in [0.2, 0.25) is 11.8 Å². The van der Waals surface area contributed by atoms with E-state index in [1.807, 2.05) is 6.92 Å². The van der Waals surface area contributed by atoms with Crippen LogP contribution in [0.25, 0.3) is 0 Å². The largest absolute Gasteiger partial charge is 0.355 e. The van der Waals surface area contributed by atoms with E-state index in [0.717, 1.165) is 6.42 Å². The summed E-state index contributed by atoms with van der Waals surface area (Å²) in [6.45, 7) is 6.39. The average molecular weight is 258 g/mol. The van der Waals surface area contributed by atoms with Gasteiger partial charge in [-0.05, 0) is 20.3 Å². The van der Waals surface area contributed by atoms with E-state index in [4.69, 9.17) is 0 Å². The number of amides is 4. The van der Waals surface area contributed by atoms with Gasteiger partial charge in [-0.15, -0.1) is 0 Å². The molecule has 1 unspecified atom stereocenters. The molecular weight excluding hydrogens is 236 g/mol. The molecule has 7 heteroatoms. The second-order valence-corrected chi connectivity index (χ2v) is 3.80. The standard InChI is InChI=1S/C11H22N4O3/c1-4-6-13-9(16)7-14-8(3)10(17)15-11(18)12-5-2/h8,14H,4-7H2,1-3H3,(H,13,16)(H2,12,15,17,18). The molecule has 18 heavy (non-hydrogen) atoms. The fraction of sp³-hybridized carbons (Fsp3) is 0.727. The van der Waals surface area contributed by atoms with E-state index >= 15 is 0 Å². The van der Waals surface area contributed by atoms with Crippen molar-refractivity contribution < 1.29 is 14.4 Å². The van der Waals surface area contributed by atoms with Gasteiger partial charge in [0.05, 0.1) is 12.6 Å². The molecule has 0 saturated carbocycles. The minimum Gasteiger partial charge on any atom is -0.355 e. The van der Waals surface area contributed by atoms with Crippen LogP contribution in [-0.4, -0.2) is 43.5 Å². The average Bonchev–Trinajstić information content (AvgIpc) is 2.33. The van der Waals surface area contributed by atoms with Crippen molar-refractivity contribution >= 4 is 17.8 Å². The lowest BCUT2D eigenvalue weighted by atomic mass is 10.3. The Balaban J connectivity index is 3.87. The first kappa shape index (κ1) is 16.4. The third kappa shape index (κ3) is 7.61. The summed E-state index contributed by atoms with van der Waals surface area (Å²) < 4.78 is 0. The van der Waals surface area contributed by atoms with E-state index in [9.17, 15) is 14.4 Å². The Morgan fingerprint density at radius 2 is 1.78 bits per heavy atom. The lowest BCUT2D eigenvalue weighted by Crippen LogP contribution is -2.49. The number of carbonyl (C=O) groups excluding carboxylic acids is 3. The lowest BCUT2D eigenvalue weighted by Gasteiger charge is -2.13. The fourth-order valence-corrected chi connectivity index (χ4v) is 1.09. The Labute approximate surface area is 107 Å². The number of hydrogen-bond acceptors (Lipinski definition) is 4. The van der Waals surface area contributed by atoms with Crippen molar-refractivity contribution in [2.45, 2.75) is 33.2 Å². The van der Waals surface area contributed by atoms with Crippen LogP contribution in [0, 0.1) is 0 Å². The second-order valence-electron chi connectivity index (χ2n) is 3.80. The summed E-state index contributed by atoms with van der Waals surface area (Å²) in [6.07, 6.45) is 0.860. The smallest absolute Gasteiger partial charge is 0.321 e. The van der Waals surface area contributed by atoms with Crippen LogP contribution in [0.1, 0.15) is 27.2 Å². The minimum absolute atomic E-state index is 0.0456. The van der Waals surface area contributed by atoms with Gasteiger partial charge < -0.3 is 10.6 Å². The molecule has 0 rings (SSSR count). The molecule has 0 radical (unpaired) electrons. The first-order chi connectivity index (χ1) is 8.51. The molecule has 0 saturated heterocycles. The van der Waals surface area contributed by atoms with Crippen molar-refractivity contribution in [3.63, 3.8) is 0 Å². The van der Waals surface area contributed by atoms with Gasteiger partial charge in [-0.25, -0.2) is 4.79 Å². The van der Waals surface area contributed by atoms with Crippen LogP contribution in [-0.2, 0) is 9.59 Å². The van der Waals surface area contributed by atoms with Gasteiger partial charge >= 0.3 is 6.03 Å². The number of urea groups is 1. The molecule has 1 atom stereocenters. The van der Waals surface area contributed by atoms with Gasteiger partial charge in [0.15, 0.2) is 0 Å². The highest BCUT2D eigenvalue weighted by atomic mass is 16.2. The first-order valence-corrected chi connectivity index (χ1v) is 6.10. The number of imide groups is 1. The highest BCUT2D eigenvalue weighted by Crippen LogP contribution is 1.82. The third-order valence-corrected chi connectivity index (χ3v) is 2.11. The predicted molar refractivity (Wildman–Crippen MR) is 68.0 cm³/mol. The number of nitrogens with one attached hydrogen (secondary N) is 4. The van der Waals surface area contributed by atoms with E-state index < -0.39 is 18.0 Å². The quantitative estimate of drug-likeness (QED) is 0.487. The molecule has 4 N–H and O–H groups in total. The summed E-state index contributed by atoms with van der Waals surface area (Å²) in [5.74, 6) is -0.640. The number of carbonyl (C=O) groups is 3. The van der Waals surface area contributed by atoms with Crippen molar-refractivity contribution in [3.05, 3.63) is 0 Å². The van der Waals surface area contributed by atoms with Crippen LogP contribution in [0.15, 0.2) is 0 Å². The van der Waals surface area contributed by atoms with Gasteiger partial charge in [-0.3, -0.25) is 20.2 Å². The Morgan fingerprint density at radius 3 is 2.33 bits per heavy atom. The van der Waals surface area contributed by atoms with Crippen LogP contribution in [0.3, 0.4) is 0 Å². The van der Waals surface area contributed by atoms with Gasteiger partial charge in [0, 0.05) is 13.1 Å². The Kier molecular flexibility index (Phi) is 8.55. The molecule has 0 fully saturated rings. The zero-order chi connectivity index (χ0) is 14.0. The van der Waals surface area contributed by atoms with Crippen LogP contribution in [0.5, 0.6) is 0 Å². The third-order valence-electron chi connectivity index (χ3n) is 2.11. The molecule has 0 bridgehead atoms. The van der Waals surface area contributed by atoms with E-state index in [1.54, 1.807) is 13.8 Å². The van der Waals surface area contributed by atoms with E-state index in [2.05, 4.69) is 21.3 Å². The molecule has 0 heterocycles. The van der Waals surface area contributed by atoms with Gasteiger partial charge in [0.1, 0.15) is 0 Å². The van der Waals surface area contributed by atoms with Crippen LogP contribution >= 0.6 is 0 Å². The molecular formula is C11H22N4O3. The number of rotatable bonds is 7. The maximum absolute atomic E-state index is 11.5. The Bertz CT molecular complexity index is 294. The molecule has 7 nitrogen and oxygen atoms in total. The number of hydrogen-bond donors (Lipinski definition) is 4. The van der Waals surface area contributed by atoms with Crippen LogP contribution in [0.4, 0.5) is 4.79 Å². The van der Waals surface area contributed by atoms with Crippen LogP contribution < -0.4 is 21.3 Å². The molecule has 4 amide bonds. The summed E-state index contributed by atoms with van der Waals surface area (Å²) >= 11 is 0. The SMILES string of the molecule is CCCNC(=O)CNC(C)C(=O)NC(=O)NCC. The topological polar surface area (TPSA) is 99.3 Å². The van der Waals surface area contributed by atoms with Gasteiger partial charge in [-0.2, -0.15) is 0 Å². The maximum atomic E-state index is 11.5. The van der Waals surface area contributed by atoms with Gasteiger partial charge in [0.25, 0.3) is 0 Å². The highest BCUT2D eigenvalue weighted by Gasteiger charge is 2.15. The molecule has 0 aromatic rings. The van der Waals surface area contributed by atoms with E-state index in [1.165, 1.54) is 0 Å². The van der Waals surface area contributed by atoms with Crippen molar-refractivity contribution in [1.82, 2.24) is 21.3 Å². The molecule has 0 aliphatic rings. The van der Waals surface area contributed by atoms with Crippen molar-refractivity contribution in [3.8, 4) is 0 Å². The van der Waals surface area contributed by atoms with Gasteiger partial charge in [-0.1, -0.05) is 6.92 Å². The first-order valence-electron chi connectivity index (χ1n) is 6.10. The molecule has 0 spiro atoms. The normalized spacial score (nSPS) is 11.5. The van der Waals surface area contributed by atoms with E-state index in [-0.39, 0.29) is 12.5 Å². The van der Waals surface area contributed by atoms with Crippen molar-refractivity contribution in [2.75, 3.05) is 19.6 Å². The summed E-state index contributed by atoms with van der Waals surface area (Å²) in [4.78, 5) is 33.8. The molecule has 104 valence electrons. The highest BCUT2D eigenvalue weighted by molar-refractivity contribution is 5.97. The molecule has 0 aromatic carbocycles. The Morgan fingerprint density at radius 1 is 1.11 bits per heavy atom. The monoisotopic (exact) mass is 258 g/mol. The zero-order valence-corrected chi connectivity index (χ0v) is 11.1. The summed E-state index contributed by atoms with van der Waals surface area (Å²) in [7, 11) is 0. The fourth-order valence-electron chi connectivity index (χ4n) is 1.09. The minimum atomic E-state index is -0.611. The van der Waals surface area contributed by atoms with Crippen molar-refractivity contribution in [2.24, 2.45) is 0 Å². The van der Waals surface area contributed by atoms with E-state index in [0.29, 0.717) is 13.1 Å². The second kappa shape index (κ2) is 9.41. The maximum Gasteiger partial charge on any atom is 0.321 e. The summed E-state index contributed by atoms with van der Waals surface area (Å²) in [5, 5.41) is 10.0. The Hall–Kier alpha value is -1.63. The predicted octanol–water partition coefficient (Wildman–Crippen LogP) is -0.664.